The van der Waals surface area contributed by atoms with Crippen molar-refractivity contribution in [1.82, 2.24) is 0 Å². The fourth-order valence-electron chi connectivity index (χ4n) is 2.66. The number of halogens is 1. The molecule has 0 saturated carbocycles. The summed E-state index contributed by atoms with van der Waals surface area (Å²) in [5, 5.41) is 21.3. The molecule has 2 atom stereocenters. The van der Waals surface area contributed by atoms with E-state index in [0.717, 1.165) is 16.7 Å². The van der Waals surface area contributed by atoms with Crippen LogP contribution in [0.15, 0.2) is 48.5 Å². The molecule has 0 bridgehead atoms. The van der Waals surface area contributed by atoms with Gasteiger partial charge in [-0.05, 0) is 28.8 Å². The Labute approximate surface area is 110 Å². The predicted octanol–water partition coefficient (Wildman–Crippen LogP) is 3.20. The number of rotatable bonds is 1. The van der Waals surface area contributed by atoms with Crippen molar-refractivity contribution in [2.24, 2.45) is 0 Å². The molecule has 0 fully saturated rings. The monoisotopic (exact) mass is 260 g/mol. The number of benzene rings is 2. The molecule has 1 aliphatic carbocycles. The Morgan fingerprint density at radius 2 is 1.28 bits per heavy atom. The van der Waals surface area contributed by atoms with Gasteiger partial charge in [0, 0.05) is 10.9 Å². The van der Waals surface area contributed by atoms with Gasteiger partial charge in [0.15, 0.2) is 0 Å². The molecule has 0 aromatic heterocycles. The van der Waals surface area contributed by atoms with Crippen molar-refractivity contribution in [3.05, 3.63) is 70.2 Å². The van der Waals surface area contributed by atoms with E-state index in [1.807, 2.05) is 36.4 Å². The Morgan fingerprint density at radius 1 is 0.778 bits per heavy atom. The second-order valence-corrected chi connectivity index (χ2v) is 5.03. The van der Waals surface area contributed by atoms with Crippen LogP contribution in [-0.4, -0.2) is 10.2 Å². The van der Waals surface area contributed by atoms with Crippen LogP contribution in [0.5, 0.6) is 0 Å². The lowest BCUT2D eigenvalue weighted by Crippen LogP contribution is -2.09. The third-order valence-electron chi connectivity index (χ3n) is 3.57. The van der Waals surface area contributed by atoms with Gasteiger partial charge < -0.3 is 10.2 Å². The predicted molar refractivity (Wildman–Crippen MR) is 70.6 cm³/mol. The quantitative estimate of drug-likeness (QED) is 0.827. The van der Waals surface area contributed by atoms with Crippen molar-refractivity contribution >= 4 is 11.6 Å². The maximum atomic E-state index is 10.3. The van der Waals surface area contributed by atoms with Gasteiger partial charge in [-0.15, -0.1) is 0 Å². The lowest BCUT2D eigenvalue weighted by Gasteiger charge is -2.19. The summed E-state index contributed by atoms with van der Waals surface area (Å²) in [4.78, 5) is 0. The number of aliphatic hydroxyl groups is 2. The molecule has 0 heterocycles. The van der Waals surface area contributed by atoms with Crippen molar-refractivity contribution in [2.75, 3.05) is 0 Å². The zero-order valence-corrected chi connectivity index (χ0v) is 10.4. The van der Waals surface area contributed by atoms with E-state index in [2.05, 4.69) is 0 Å². The summed E-state index contributed by atoms with van der Waals surface area (Å²) < 4.78 is 0. The molecule has 0 amide bonds. The van der Waals surface area contributed by atoms with Crippen LogP contribution in [0, 0.1) is 0 Å². The summed E-state index contributed by atoms with van der Waals surface area (Å²) in [5.74, 6) is -0.320. The highest BCUT2D eigenvalue weighted by Gasteiger charge is 2.39. The zero-order chi connectivity index (χ0) is 12.7. The van der Waals surface area contributed by atoms with Gasteiger partial charge in [0.2, 0.25) is 0 Å². The summed E-state index contributed by atoms with van der Waals surface area (Å²) in [7, 11) is 0. The lowest BCUT2D eigenvalue weighted by molar-refractivity contribution is 0.0771. The second-order valence-electron chi connectivity index (χ2n) is 4.60. The molecule has 92 valence electrons. The van der Waals surface area contributed by atoms with Gasteiger partial charge in [0.1, 0.15) is 0 Å². The van der Waals surface area contributed by atoms with Gasteiger partial charge in [-0.3, -0.25) is 0 Å². The number of hydrogen-bond acceptors (Lipinski definition) is 2. The second kappa shape index (κ2) is 4.39. The van der Waals surface area contributed by atoms with Gasteiger partial charge in [-0.2, -0.15) is 0 Å². The van der Waals surface area contributed by atoms with Crippen molar-refractivity contribution in [3.63, 3.8) is 0 Å². The summed E-state index contributed by atoms with van der Waals surface area (Å²) in [5.41, 5.74) is 2.52. The van der Waals surface area contributed by atoms with E-state index in [9.17, 15) is 10.2 Å². The van der Waals surface area contributed by atoms with Crippen LogP contribution in [0.4, 0.5) is 0 Å². The molecule has 1 aliphatic rings. The Hall–Kier alpha value is -1.35. The van der Waals surface area contributed by atoms with Gasteiger partial charge in [-0.1, -0.05) is 48.0 Å². The molecule has 0 saturated heterocycles. The van der Waals surface area contributed by atoms with E-state index in [-0.39, 0.29) is 5.92 Å². The minimum Gasteiger partial charge on any atom is -0.388 e. The fourth-order valence-corrected chi connectivity index (χ4v) is 2.78. The molecule has 3 rings (SSSR count). The van der Waals surface area contributed by atoms with Crippen molar-refractivity contribution in [1.29, 1.82) is 0 Å². The first-order valence-electron chi connectivity index (χ1n) is 5.89. The van der Waals surface area contributed by atoms with E-state index >= 15 is 0 Å². The summed E-state index contributed by atoms with van der Waals surface area (Å²) in [6, 6.07) is 14.7. The van der Waals surface area contributed by atoms with E-state index < -0.39 is 12.2 Å². The highest BCUT2D eigenvalue weighted by atomic mass is 35.5. The molecule has 2 aromatic carbocycles. The van der Waals surface area contributed by atoms with Gasteiger partial charge in [0.25, 0.3) is 0 Å². The molecule has 0 radical (unpaired) electrons. The summed E-state index contributed by atoms with van der Waals surface area (Å²) >= 11 is 5.86. The molecule has 0 spiro atoms. The van der Waals surface area contributed by atoms with Crippen LogP contribution in [0.25, 0.3) is 0 Å². The van der Waals surface area contributed by atoms with Gasteiger partial charge in [-0.25, -0.2) is 0 Å². The molecule has 2 aromatic rings. The maximum absolute atomic E-state index is 10.3. The average molecular weight is 261 g/mol. The number of hydrogen-bond donors (Lipinski definition) is 2. The summed E-state index contributed by atoms with van der Waals surface area (Å²) in [6.45, 7) is 0. The van der Waals surface area contributed by atoms with Gasteiger partial charge in [0.05, 0.1) is 12.2 Å². The summed E-state index contributed by atoms with van der Waals surface area (Å²) in [6.07, 6.45) is -1.34. The minimum atomic E-state index is -0.669. The highest BCUT2D eigenvalue weighted by Crippen LogP contribution is 2.49. The molecule has 2 nitrogen and oxygen atoms in total. The first-order chi connectivity index (χ1) is 8.68. The molecule has 0 aliphatic heterocycles. The highest BCUT2D eigenvalue weighted by molar-refractivity contribution is 6.30. The number of aliphatic hydroxyl groups excluding tert-OH is 2. The molecular weight excluding hydrogens is 248 g/mol. The topological polar surface area (TPSA) is 40.5 Å². The first kappa shape index (κ1) is 11.7. The van der Waals surface area contributed by atoms with E-state index in [0.29, 0.717) is 5.02 Å². The zero-order valence-electron chi connectivity index (χ0n) is 9.62. The van der Waals surface area contributed by atoms with E-state index in [1.165, 1.54) is 0 Å². The fraction of sp³-hybridized carbons (Fsp3) is 0.200. The Kier molecular flexibility index (Phi) is 2.86. The van der Waals surface area contributed by atoms with Gasteiger partial charge >= 0.3 is 0 Å². The minimum absolute atomic E-state index is 0.320. The van der Waals surface area contributed by atoms with Crippen LogP contribution < -0.4 is 0 Å². The third kappa shape index (κ3) is 1.74. The van der Waals surface area contributed by atoms with Crippen LogP contribution in [0.2, 0.25) is 5.02 Å². The third-order valence-corrected chi connectivity index (χ3v) is 3.82. The Morgan fingerprint density at radius 3 is 1.78 bits per heavy atom. The Bertz CT molecular complexity index is 536. The molecule has 2 N–H and O–H groups in total. The van der Waals surface area contributed by atoms with Crippen LogP contribution in [0.3, 0.4) is 0 Å². The molecule has 18 heavy (non-hydrogen) atoms. The SMILES string of the molecule is O[C@H]1c2ccccc2[C@H](O)C1c1ccc(Cl)cc1. The van der Waals surface area contributed by atoms with Crippen molar-refractivity contribution < 1.29 is 10.2 Å². The normalized spacial score (nSPS) is 23.1. The van der Waals surface area contributed by atoms with Crippen LogP contribution in [-0.2, 0) is 0 Å². The lowest BCUT2D eigenvalue weighted by atomic mass is 9.92. The number of fused-ring (bicyclic) bond motifs is 1. The van der Waals surface area contributed by atoms with E-state index in [1.54, 1.807) is 12.1 Å². The largest absolute Gasteiger partial charge is 0.388 e. The Balaban J connectivity index is 2.03. The van der Waals surface area contributed by atoms with E-state index in [4.69, 9.17) is 11.6 Å². The first-order valence-corrected chi connectivity index (χ1v) is 6.26. The van der Waals surface area contributed by atoms with Crippen molar-refractivity contribution in [3.8, 4) is 0 Å². The molecule has 3 heteroatoms. The van der Waals surface area contributed by atoms with Crippen LogP contribution >= 0.6 is 11.6 Å². The smallest absolute Gasteiger partial charge is 0.0890 e. The van der Waals surface area contributed by atoms with Crippen LogP contribution in [0.1, 0.15) is 34.8 Å². The maximum Gasteiger partial charge on any atom is 0.0890 e. The van der Waals surface area contributed by atoms with Crippen molar-refractivity contribution in [2.45, 2.75) is 18.1 Å². The average Bonchev–Trinajstić information content (AvgIpc) is 2.64. The molecular formula is C15H13ClO2. The standard InChI is InChI=1S/C15H13ClO2/c16-10-7-5-9(6-8-10)13-14(17)11-3-1-2-4-12(11)15(13)18/h1-8,13-15,17-18H/t14-,15-/m0/s1. The molecule has 0 unspecified atom stereocenters.